The molecule has 2 rings (SSSR count). The van der Waals surface area contributed by atoms with E-state index in [-0.39, 0.29) is 5.91 Å². The molecule has 3 N–H and O–H groups in total. The molecule has 1 amide bonds. The van der Waals surface area contributed by atoms with Crippen LogP contribution in [-0.2, 0) is 6.54 Å². The van der Waals surface area contributed by atoms with Crippen molar-refractivity contribution < 1.29 is 4.79 Å². The van der Waals surface area contributed by atoms with Gasteiger partial charge in [-0.2, -0.15) is 0 Å². The average molecular weight is 240 g/mol. The van der Waals surface area contributed by atoms with Crippen LogP contribution in [0.1, 0.15) is 21.5 Å². The maximum absolute atomic E-state index is 12.0. The van der Waals surface area contributed by atoms with Crippen LogP contribution in [0.2, 0.25) is 0 Å². The number of benzene rings is 2. The first-order chi connectivity index (χ1) is 8.68. The number of nitrogens with one attached hydrogen (secondary N) is 1. The van der Waals surface area contributed by atoms with Gasteiger partial charge in [0.25, 0.3) is 5.91 Å². The van der Waals surface area contributed by atoms with Crippen molar-refractivity contribution in [2.75, 3.05) is 5.73 Å². The molecule has 0 aliphatic carbocycles. The average Bonchev–Trinajstić information content (AvgIpc) is 2.38. The minimum atomic E-state index is -0.0728. The lowest BCUT2D eigenvalue weighted by Gasteiger charge is -2.09. The van der Waals surface area contributed by atoms with E-state index < -0.39 is 0 Å². The number of hydrogen-bond acceptors (Lipinski definition) is 2. The molecule has 0 spiro atoms. The third-order valence-corrected chi connectivity index (χ3v) is 2.88. The Morgan fingerprint density at radius 1 is 1.11 bits per heavy atom. The largest absolute Gasteiger partial charge is 0.398 e. The summed E-state index contributed by atoms with van der Waals surface area (Å²) in [7, 11) is 0. The zero-order chi connectivity index (χ0) is 13.0. The summed E-state index contributed by atoms with van der Waals surface area (Å²) in [5.41, 5.74) is 9.12. The number of para-hydroxylation sites is 1. The third-order valence-electron chi connectivity index (χ3n) is 2.88. The molecule has 2 aromatic rings. The lowest BCUT2D eigenvalue weighted by Crippen LogP contribution is -2.24. The van der Waals surface area contributed by atoms with Crippen molar-refractivity contribution in [3.05, 3.63) is 65.2 Å². The molecule has 0 bridgehead atoms. The normalized spacial score (nSPS) is 10.1. The standard InChI is InChI=1S/C15H16N2O/c1-11-6-2-4-8-13(11)15(18)17-10-12-7-3-5-9-14(12)16/h2-9H,10,16H2,1H3,(H,17,18). The van der Waals surface area contributed by atoms with Crippen molar-refractivity contribution in [1.29, 1.82) is 0 Å². The molecule has 0 saturated carbocycles. The van der Waals surface area contributed by atoms with E-state index in [9.17, 15) is 4.79 Å². The predicted molar refractivity (Wildman–Crippen MR) is 73.2 cm³/mol. The Labute approximate surface area is 107 Å². The summed E-state index contributed by atoms with van der Waals surface area (Å²) in [6, 6.07) is 15.0. The SMILES string of the molecule is Cc1ccccc1C(=O)NCc1ccccc1N. The monoisotopic (exact) mass is 240 g/mol. The first kappa shape index (κ1) is 12.2. The molecule has 0 saturated heterocycles. The zero-order valence-electron chi connectivity index (χ0n) is 10.3. The maximum atomic E-state index is 12.0. The molecule has 2 aromatic carbocycles. The van der Waals surface area contributed by atoms with Crippen LogP contribution < -0.4 is 11.1 Å². The first-order valence-electron chi connectivity index (χ1n) is 5.85. The van der Waals surface area contributed by atoms with Gasteiger partial charge in [-0.15, -0.1) is 0 Å². The van der Waals surface area contributed by atoms with E-state index >= 15 is 0 Å². The number of hydrogen-bond donors (Lipinski definition) is 2. The Morgan fingerprint density at radius 3 is 2.50 bits per heavy atom. The minimum absolute atomic E-state index is 0.0728. The van der Waals surface area contributed by atoms with Crippen LogP contribution >= 0.6 is 0 Å². The van der Waals surface area contributed by atoms with Gasteiger partial charge in [-0.3, -0.25) is 4.79 Å². The van der Waals surface area contributed by atoms with E-state index in [2.05, 4.69) is 5.32 Å². The molecule has 0 aromatic heterocycles. The molecular formula is C15H16N2O. The number of carbonyl (C=O) groups excluding carboxylic acids is 1. The fourth-order valence-corrected chi connectivity index (χ4v) is 1.79. The minimum Gasteiger partial charge on any atom is -0.398 e. The Kier molecular flexibility index (Phi) is 3.63. The number of nitrogen functional groups attached to an aromatic ring is 1. The fraction of sp³-hybridized carbons (Fsp3) is 0.133. The summed E-state index contributed by atoms with van der Waals surface area (Å²) in [6.07, 6.45) is 0. The number of anilines is 1. The van der Waals surface area contributed by atoms with Gasteiger partial charge >= 0.3 is 0 Å². The second-order valence-corrected chi connectivity index (χ2v) is 4.20. The van der Waals surface area contributed by atoms with E-state index in [1.807, 2.05) is 55.5 Å². The van der Waals surface area contributed by atoms with Crippen LogP contribution in [-0.4, -0.2) is 5.91 Å². The Morgan fingerprint density at radius 2 is 1.78 bits per heavy atom. The Bertz CT molecular complexity index is 564. The summed E-state index contributed by atoms with van der Waals surface area (Å²) in [5, 5.41) is 2.88. The topological polar surface area (TPSA) is 55.1 Å². The molecule has 92 valence electrons. The maximum Gasteiger partial charge on any atom is 0.251 e. The van der Waals surface area contributed by atoms with Crippen molar-refractivity contribution in [2.45, 2.75) is 13.5 Å². The molecule has 0 radical (unpaired) electrons. The summed E-state index contributed by atoms with van der Waals surface area (Å²) >= 11 is 0. The quantitative estimate of drug-likeness (QED) is 0.810. The summed E-state index contributed by atoms with van der Waals surface area (Å²) in [5.74, 6) is -0.0728. The number of amides is 1. The number of rotatable bonds is 3. The molecule has 18 heavy (non-hydrogen) atoms. The van der Waals surface area contributed by atoms with Gasteiger partial charge in [-0.1, -0.05) is 36.4 Å². The highest BCUT2D eigenvalue weighted by Gasteiger charge is 2.08. The van der Waals surface area contributed by atoms with Crippen LogP contribution in [0.25, 0.3) is 0 Å². The highest BCUT2D eigenvalue weighted by atomic mass is 16.1. The summed E-state index contributed by atoms with van der Waals surface area (Å²) in [4.78, 5) is 12.0. The Hall–Kier alpha value is -2.29. The number of nitrogens with two attached hydrogens (primary N) is 1. The highest BCUT2D eigenvalue weighted by Crippen LogP contribution is 2.11. The molecule has 0 unspecified atom stereocenters. The second-order valence-electron chi connectivity index (χ2n) is 4.20. The van der Waals surface area contributed by atoms with Gasteiger partial charge in [-0.25, -0.2) is 0 Å². The van der Waals surface area contributed by atoms with Gasteiger partial charge < -0.3 is 11.1 Å². The highest BCUT2D eigenvalue weighted by molar-refractivity contribution is 5.95. The van der Waals surface area contributed by atoms with Gasteiger partial charge in [-0.05, 0) is 30.2 Å². The van der Waals surface area contributed by atoms with Gasteiger partial charge in [0.05, 0.1) is 0 Å². The van der Waals surface area contributed by atoms with Gasteiger partial charge in [0.1, 0.15) is 0 Å². The molecule has 0 aliphatic rings. The molecule has 0 atom stereocenters. The molecule has 0 aliphatic heterocycles. The number of aryl methyl sites for hydroxylation is 1. The van der Waals surface area contributed by atoms with Crippen molar-refractivity contribution >= 4 is 11.6 Å². The van der Waals surface area contributed by atoms with Crippen LogP contribution in [0, 0.1) is 6.92 Å². The van der Waals surface area contributed by atoms with Gasteiger partial charge in [0, 0.05) is 17.8 Å². The molecule has 3 heteroatoms. The number of carbonyl (C=O) groups is 1. The molecule has 3 nitrogen and oxygen atoms in total. The smallest absolute Gasteiger partial charge is 0.251 e. The molecule has 0 fully saturated rings. The second kappa shape index (κ2) is 5.36. The van der Waals surface area contributed by atoms with Crippen LogP contribution in [0.4, 0.5) is 5.69 Å². The first-order valence-corrected chi connectivity index (χ1v) is 5.85. The van der Waals surface area contributed by atoms with E-state index in [0.29, 0.717) is 17.8 Å². The van der Waals surface area contributed by atoms with Gasteiger partial charge in [0.15, 0.2) is 0 Å². The lowest BCUT2D eigenvalue weighted by molar-refractivity contribution is 0.0950. The van der Waals surface area contributed by atoms with Crippen molar-refractivity contribution in [3.63, 3.8) is 0 Å². The molecule has 0 heterocycles. The van der Waals surface area contributed by atoms with E-state index in [4.69, 9.17) is 5.73 Å². The molecular weight excluding hydrogens is 224 g/mol. The predicted octanol–water partition coefficient (Wildman–Crippen LogP) is 2.51. The van der Waals surface area contributed by atoms with Crippen LogP contribution in [0.3, 0.4) is 0 Å². The van der Waals surface area contributed by atoms with Crippen LogP contribution in [0.5, 0.6) is 0 Å². The van der Waals surface area contributed by atoms with E-state index in [1.165, 1.54) is 0 Å². The van der Waals surface area contributed by atoms with Crippen molar-refractivity contribution in [3.8, 4) is 0 Å². The van der Waals surface area contributed by atoms with Gasteiger partial charge in [0.2, 0.25) is 0 Å². The summed E-state index contributed by atoms with van der Waals surface area (Å²) < 4.78 is 0. The zero-order valence-corrected chi connectivity index (χ0v) is 10.3. The Balaban J connectivity index is 2.06. The third kappa shape index (κ3) is 2.69. The van der Waals surface area contributed by atoms with Crippen molar-refractivity contribution in [1.82, 2.24) is 5.32 Å². The summed E-state index contributed by atoms with van der Waals surface area (Å²) in [6.45, 7) is 2.37. The van der Waals surface area contributed by atoms with Crippen LogP contribution in [0.15, 0.2) is 48.5 Å². The van der Waals surface area contributed by atoms with Crippen molar-refractivity contribution in [2.24, 2.45) is 0 Å². The van der Waals surface area contributed by atoms with E-state index in [0.717, 1.165) is 11.1 Å². The van der Waals surface area contributed by atoms with E-state index in [1.54, 1.807) is 0 Å². The lowest BCUT2D eigenvalue weighted by atomic mass is 10.1. The fourth-order valence-electron chi connectivity index (χ4n) is 1.79.